The Hall–Kier alpha value is -2.72. The number of aromatic nitrogens is 1. The molecule has 0 N–H and O–H groups in total. The summed E-state index contributed by atoms with van der Waals surface area (Å²) in [4.78, 5) is 0. The van der Waals surface area contributed by atoms with Crippen molar-refractivity contribution in [2.75, 3.05) is 0 Å². The minimum atomic E-state index is 0.248. The minimum Gasteiger partial charge on any atom is -0.333 e. The number of benzene rings is 2. The number of rotatable bonds is 3. The minimum absolute atomic E-state index is 0.248. The van der Waals surface area contributed by atoms with Crippen molar-refractivity contribution in [3.8, 4) is 12.1 Å². The molecule has 0 radical (unpaired) electrons. The number of fused-ring (bicyclic) bond motifs is 1. The zero-order chi connectivity index (χ0) is 17.1. The maximum absolute atomic E-state index is 9.55. The molecule has 0 amide bonds. The molecule has 1 aromatic heterocycles. The Morgan fingerprint density at radius 2 is 1.92 bits per heavy atom. The van der Waals surface area contributed by atoms with Gasteiger partial charge in [-0.05, 0) is 24.3 Å². The van der Waals surface area contributed by atoms with Crippen LogP contribution in [0.3, 0.4) is 0 Å². The Morgan fingerprint density at radius 1 is 1.12 bits per heavy atom. The summed E-state index contributed by atoms with van der Waals surface area (Å²) < 4.78 is 1.86. The molecule has 0 bridgehead atoms. The van der Waals surface area contributed by atoms with E-state index in [0.29, 0.717) is 21.2 Å². The number of allylic oxidation sites excluding steroid dienone is 1. The maximum Gasteiger partial charge on any atom is 0.110 e. The van der Waals surface area contributed by atoms with Crippen LogP contribution in [-0.4, -0.2) is 4.57 Å². The van der Waals surface area contributed by atoms with Gasteiger partial charge in [-0.25, -0.2) is 0 Å². The quantitative estimate of drug-likeness (QED) is 0.582. The highest BCUT2D eigenvalue weighted by molar-refractivity contribution is 6.36. The number of hydrogen-bond donors (Lipinski definition) is 0. The van der Waals surface area contributed by atoms with E-state index >= 15 is 0 Å². The zero-order valence-corrected chi connectivity index (χ0v) is 14.0. The van der Waals surface area contributed by atoms with Crippen molar-refractivity contribution in [3.63, 3.8) is 0 Å². The summed E-state index contributed by atoms with van der Waals surface area (Å²) in [6.07, 6.45) is 3.65. The Morgan fingerprint density at radius 3 is 2.62 bits per heavy atom. The van der Waals surface area contributed by atoms with Crippen LogP contribution in [0.2, 0.25) is 10.0 Å². The molecular formula is C19H11Cl2N3. The lowest BCUT2D eigenvalue weighted by atomic mass is 10.0. The third kappa shape index (κ3) is 3.01. The Balaban J connectivity index is 2.18. The molecular weight excluding hydrogens is 341 g/mol. The molecule has 3 aromatic rings. The second kappa shape index (κ2) is 6.81. The third-order valence-electron chi connectivity index (χ3n) is 3.70. The summed E-state index contributed by atoms with van der Waals surface area (Å²) >= 11 is 12.1. The molecule has 0 aliphatic carbocycles. The van der Waals surface area contributed by atoms with Crippen molar-refractivity contribution in [1.82, 2.24) is 4.57 Å². The maximum atomic E-state index is 9.55. The zero-order valence-electron chi connectivity index (χ0n) is 12.5. The predicted molar refractivity (Wildman–Crippen MR) is 97.5 cm³/mol. The van der Waals surface area contributed by atoms with Crippen LogP contribution in [0.5, 0.6) is 0 Å². The van der Waals surface area contributed by atoms with Crippen LogP contribution >= 0.6 is 23.2 Å². The highest BCUT2D eigenvalue weighted by Gasteiger charge is 2.11. The SMILES string of the molecule is N#CCn1cc(C=C(C#N)c2ccc(Cl)cc2Cl)c2ccccc21. The first-order valence-electron chi connectivity index (χ1n) is 7.16. The Labute approximate surface area is 149 Å². The van der Waals surface area contributed by atoms with Gasteiger partial charge in [0, 0.05) is 33.2 Å². The fraction of sp³-hybridized carbons (Fsp3) is 0.0526. The number of para-hydroxylation sites is 1. The van der Waals surface area contributed by atoms with Gasteiger partial charge in [-0.3, -0.25) is 0 Å². The number of hydrogen-bond acceptors (Lipinski definition) is 2. The normalized spacial score (nSPS) is 11.2. The molecule has 0 aliphatic heterocycles. The molecule has 2 aromatic carbocycles. The molecule has 0 unspecified atom stereocenters. The molecule has 5 heteroatoms. The topological polar surface area (TPSA) is 52.5 Å². The van der Waals surface area contributed by atoms with Gasteiger partial charge in [0.25, 0.3) is 0 Å². The van der Waals surface area contributed by atoms with Gasteiger partial charge in [0.2, 0.25) is 0 Å². The first-order chi connectivity index (χ1) is 11.6. The van der Waals surface area contributed by atoms with E-state index in [1.807, 2.05) is 35.0 Å². The van der Waals surface area contributed by atoms with Gasteiger partial charge in [0.05, 0.1) is 22.7 Å². The van der Waals surface area contributed by atoms with Crippen molar-refractivity contribution >= 4 is 45.8 Å². The molecule has 24 heavy (non-hydrogen) atoms. The summed E-state index contributed by atoms with van der Waals surface area (Å²) in [5.74, 6) is 0. The van der Waals surface area contributed by atoms with Crippen LogP contribution < -0.4 is 0 Å². The second-order valence-corrected chi connectivity index (χ2v) is 6.03. The lowest BCUT2D eigenvalue weighted by molar-refractivity contribution is 0.873. The van der Waals surface area contributed by atoms with Crippen molar-refractivity contribution in [2.24, 2.45) is 0 Å². The Bertz CT molecular complexity index is 1030. The van der Waals surface area contributed by atoms with E-state index in [1.54, 1.807) is 24.3 Å². The van der Waals surface area contributed by atoms with Crippen LogP contribution in [0.1, 0.15) is 11.1 Å². The van der Waals surface area contributed by atoms with Gasteiger partial charge in [-0.15, -0.1) is 0 Å². The average Bonchev–Trinajstić information content (AvgIpc) is 2.92. The van der Waals surface area contributed by atoms with Crippen LogP contribution in [0.4, 0.5) is 0 Å². The number of nitrogens with zero attached hydrogens (tertiary/aromatic N) is 3. The fourth-order valence-corrected chi connectivity index (χ4v) is 3.14. The molecule has 0 saturated heterocycles. The third-order valence-corrected chi connectivity index (χ3v) is 4.25. The summed E-state index contributed by atoms with van der Waals surface area (Å²) in [5.41, 5.74) is 2.88. The number of halogens is 2. The van der Waals surface area contributed by atoms with Crippen molar-refractivity contribution in [1.29, 1.82) is 10.5 Å². The van der Waals surface area contributed by atoms with E-state index in [9.17, 15) is 5.26 Å². The van der Waals surface area contributed by atoms with E-state index in [-0.39, 0.29) is 6.54 Å². The van der Waals surface area contributed by atoms with E-state index in [2.05, 4.69) is 12.1 Å². The van der Waals surface area contributed by atoms with Crippen molar-refractivity contribution < 1.29 is 0 Å². The molecule has 116 valence electrons. The highest BCUT2D eigenvalue weighted by atomic mass is 35.5. The molecule has 3 nitrogen and oxygen atoms in total. The molecule has 0 aliphatic rings. The second-order valence-electron chi connectivity index (χ2n) is 5.18. The first-order valence-corrected chi connectivity index (χ1v) is 7.91. The monoisotopic (exact) mass is 351 g/mol. The Kier molecular flexibility index (Phi) is 4.58. The smallest absolute Gasteiger partial charge is 0.110 e. The van der Waals surface area contributed by atoms with Crippen LogP contribution in [0.25, 0.3) is 22.6 Å². The molecule has 0 spiro atoms. The molecule has 1 heterocycles. The van der Waals surface area contributed by atoms with E-state index in [4.69, 9.17) is 28.5 Å². The molecule has 0 fully saturated rings. The van der Waals surface area contributed by atoms with Gasteiger partial charge < -0.3 is 4.57 Å². The average molecular weight is 352 g/mol. The lowest BCUT2D eigenvalue weighted by Gasteiger charge is -2.03. The van der Waals surface area contributed by atoms with E-state index < -0.39 is 0 Å². The summed E-state index contributed by atoms with van der Waals surface area (Å²) in [6, 6.07) is 17.1. The molecule has 0 saturated carbocycles. The lowest BCUT2D eigenvalue weighted by Crippen LogP contribution is -1.91. The largest absolute Gasteiger partial charge is 0.333 e. The van der Waals surface area contributed by atoms with Crippen LogP contribution in [-0.2, 0) is 6.54 Å². The van der Waals surface area contributed by atoms with Gasteiger partial charge in [0.15, 0.2) is 0 Å². The molecule has 0 atom stereocenters. The summed E-state index contributed by atoms with van der Waals surface area (Å²) in [7, 11) is 0. The van der Waals surface area contributed by atoms with Gasteiger partial charge in [0.1, 0.15) is 6.54 Å². The van der Waals surface area contributed by atoms with E-state index in [1.165, 1.54) is 0 Å². The van der Waals surface area contributed by atoms with Gasteiger partial charge in [-0.1, -0.05) is 47.5 Å². The highest BCUT2D eigenvalue weighted by Crippen LogP contribution is 2.30. The number of nitriles is 2. The van der Waals surface area contributed by atoms with Crippen molar-refractivity contribution in [2.45, 2.75) is 6.54 Å². The first kappa shape index (κ1) is 16.1. The summed E-state index contributed by atoms with van der Waals surface area (Å²) in [6.45, 7) is 0.248. The fourth-order valence-electron chi connectivity index (χ4n) is 2.63. The van der Waals surface area contributed by atoms with E-state index in [0.717, 1.165) is 16.5 Å². The summed E-state index contributed by atoms with van der Waals surface area (Å²) in [5, 5.41) is 20.5. The van der Waals surface area contributed by atoms with Crippen LogP contribution in [0, 0.1) is 22.7 Å². The van der Waals surface area contributed by atoms with Crippen LogP contribution in [0.15, 0.2) is 48.7 Å². The predicted octanol–water partition coefficient (Wildman–Crippen LogP) is 5.54. The molecule has 3 rings (SSSR count). The van der Waals surface area contributed by atoms with Gasteiger partial charge in [-0.2, -0.15) is 10.5 Å². The van der Waals surface area contributed by atoms with Gasteiger partial charge >= 0.3 is 0 Å². The standard InChI is InChI=1S/C19H11Cl2N3/c20-15-5-6-16(18(21)10-15)13(11-23)9-14-12-24(8-7-22)19-4-2-1-3-17(14)19/h1-6,9-10,12H,8H2. The van der Waals surface area contributed by atoms with Crippen molar-refractivity contribution in [3.05, 3.63) is 69.8 Å².